The molecule has 0 aliphatic rings. The van der Waals surface area contributed by atoms with Gasteiger partial charge in [0.15, 0.2) is 0 Å². The van der Waals surface area contributed by atoms with Gasteiger partial charge in [0.05, 0.1) is 0 Å². The molecule has 0 fully saturated rings. The second kappa shape index (κ2) is 4.07. The standard InChI is InChI=1S/C11H7BrOS/c12-10-5-8(7-13)4-9(6-10)11-2-1-3-14-11/h1-7H. The van der Waals surface area contributed by atoms with E-state index < -0.39 is 0 Å². The number of aldehydes is 1. The van der Waals surface area contributed by atoms with E-state index in [0.29, 0.717) is 5.56 Å². The number of carbonyl (C=O) groups excluding carboxylic acids is 1. The molecule has 70 valence electrons. The number of rotatable bonds is 2. The maximum Gasteiger partial charge on any atom is 0.150 e. The van der Waals surface area contributed by atoms with Crippen LogP contribution in [0.25, 0.3) is 10.4 Å². The summed E-state index contributed by atoms with van der Waals surface area (Å²) in [4.78, 5) is 11.8. The van der Waals surface area contributed by atoms with Gasteiger partial charge in [0, 0.05) is 14.9 Å². The molecule has 0 bridgehead atoms. The van der Waals surface area contributed by atoms with Crippen molar-refractivity contribution in [1.82, 2.24) is 0 Å². The molecule has 1 heterocycles. The minimum atomic E-state index is 0.697. The number of hydrogen-bond donors (Lipinski definition) is 0. The summed E-state index contributed by atoms with van der Waals surface area (Å²) >= 11 is 5.05. The maximum atomic E-state index is 10.7. The molecule has 0 saturated heterocycles. The van der Waals surface area contributed by atoms with Crippen LogP contribution >= 0.6 is 27.3 Å². The first-order valence-electron chi connectivity index (χ1n) is 4.09. The van der Waals surface area contributed by atoms with Gasteiger partial charge in [0.2, 0.25) is 0 Å². The van der Waals surface area contributed by atoms with Gasteiger partial charge in [-0.15, -0.1) is 11.3 Å². The first kappa shape index (κ1) is 9.62. The summed E-state index contributed by atoms with van der Waals surface area (Å²) in [6, 6.07) is 9.76. The summed E-state index contributed by atoms with van der Waals surface area (Å²) in [5.74, 6) is 0. The van der Waals surface area contributed by atoms with E-state index >= 15 is 0 Å². The highest BCUT2D eigenvalue weighted by molar-refractivity contribution is 9.10. The lowest BCUT2D eigenvalue weighted by Gasteiger charge is -2.00. The molecule has 2 rings (SSSR count). The molecule has 0 atom stereocenters. The van der Waals surface area contributed by atoms with Gasteiger partial charge in [-0.05, 0) is 35.2 Å². The average Bonchev–Trinajstić information content (AvgIpc) is 2.69. The molecule has 0 radical (unpaired) electrons. The Labute approximate surface area is 94.5 Å². The minimum Gasteiger partial charge on any atom is -0.298 e. The van der Waals surface area contributed by atoms with Crippen LogP contribution in [0.4, 0.5) is 0 Å². The van der Waals surface area contributed by atoms with Crippen LogP contribution in [0.5, 0.6) is 0 Å². The second-order valence-electron chi connectivity index (χ2n) is 2.87. The molecule has 3 heteroatoms. The van der Waals surface area contributed by atoms with Crippen molar-refractivity contribution in [1.29, 1.82) is 0 Å². The minimum absolute atomic E-state index is 0.697. The summed E-state index contributed by atoms with van der Waals surface area (Å²) < 4.78 is 0.936. The Balaban J connectivity index is 2.54. The van der Waals surface area contributed by atoms with Crippen molar-refractivity contribution in [2.45, 2.75) is 0 Å². The smallest absolute Gasteiger partial charge is 0.150 e. The Hall–Kier alpha value is -0.930. The molecule has 0 N–H and O–H groups in total. The third kappa shape index (κ3) is 1.94. The lowest BCUT2D eigenvalue weighted by molar-refractivity contribution is 0.112. The van der Waals surface area contributed by atoms with Crippen LogP contribution in [0.1, 0.15) is 10.4 Å². The maximum absolute atomic E-state index is 10.7. The van der Waals surface area contributed by atoms with E-state index in [1.807, 2.05) is 35.7 Å². The zero-order valence-corrected chi connectivity index (χ0v) is 9.64. The number of thiophene rings is 1. The van der Waals surface area contributed by atoms with E-state index in [0.717, 1.165) is 16.3 Å². The first-order valence-corrected chi connectivity index (χ1v) is 5.76. The van der Waals surface area contributed by atoms with E-state index in [2.05, 4.69) is 15.9 Å². The van der Waals surface area contributed by atoms with Crippen LogP contribution in [-0.4, -0.2) is 6.29 Å². The molecule has 0 saturated carbocycles. The highest BCUT2D eigenvalue weighted by Crippen LogP contribution is 2.28. The molecular formula is C11H7BrOS. The summed E-state index contributed by atoms with van der Waals surface area (Å²) in [5, 5.41) is 2.02. The normalized spacial score (nSPS) is 10.1. The zero-order chi connectivity index (χ0) is 9.97. The molecule has 0 spiro atoms. The Kier molecular flexibility index (Phi) is 2.79. The molecule has 14 heavy (non-hydrogen) atoms. The summed E-state index contributed by atoms with van der Waals surface area (Å²) in [6.45, 7) is 0. The molecule has 1 nitrogen and oxygen atoms in total. The summed E-state index contributed by atoms with van der Waals surface area (Å²) in [7, 11) is 0. The third-order valence-electron chi connectivity index (χ3n) is 1.86. The van der Waals surface area contributed by atoms with E-state index in [4.69, 9.17) is 0 Å². The number of carbonyl (C=O) groups is 1. The van der Waals surface area contributed by atoms with Crippen molar-refractivity contribution in [3.63, 3.8) is 0 Å². The quantitative estimate of drug-likeness (QED) is 0.752. The van der Waals surface area contributed by atoms with Gasteiger partial charge in [-0.1, -0.05) is 22.0 Å². The van der Waals surface area contributed by atoms with Gasteiger partial charge in [0.25, 0.3) is 0 Å². The van der Waals surface area contributed by atoms with Crippen molar-refractivity contribution in [3.8, 4) is 10.4 Å². The van der Waals surface area contributed by atoms with Crippen molar-refractivity contribution < 1.29 is 4.79 Å². The molecule has 0 unspecified atom stereocenters. The predicted molar refractivity (Wildman–Crippen MR) is 62.8 cm³/mol. The average molecular weight is 267 g/mol. The van der Waals surface area contributed by atoms with Crippen LogP contribution < -0.4 is 0 Å². The SMILES string of the molecule is O=Cc1cc(Br)cc(-c2cccs2)c1. The topological polar surface area (TPSA) is 17.1 Å². The van der Waals surface area contributed by atoms with Crippen LogP contribution in [0.15, 0.2) is 40.2 Å². The van der Waals surface area contributed by atoms with Crippen molar-refractivity contribution in [2.75, 3.05) is 0 Å². The fourth-order valence-electron chi connectivity index (χ4n) is 1.27. The Morgan fingerprint density at radius 1 is 1.29 bits per heavy atom. The highest BCUT2D eigenvalue weighted by atomic mass is 79.9. The van der Waals surface area contributed by atoms with Crippen LogP contribution in [0.2, 0.25) is 0 Å². The highest BCUT2D eigenvalue weighted by Gasteiger charge is 2.01. The van der Waals surface area contributed by atoms with E-state index in [1.54, 1.807) is 11.3 Å². The van der Waals surface area contributed by atoms with Crippen LogP contribution in [0, 0.1) is 0 Å². The predicted octanol–water partition coefficient (Wildman–Crippen LogP) is 3.99. The molecule has 0 aliphatic heterocycles. The lowest BCUT2D eigenvalue weighted by Crippen LogP contribution is -1.81. The Bertz CT molecular complexity index is 448. The monoisotopic (exact) mass is 266 g/mol. The fraction of sp³-hybridized carbons (Fsp3) is 0. The number of halogens is 1. The number of benzene rings is 1. The van der Waals surface area contributed by atoms with Crippen molar-refractivity contribution in [3.05, 3.63) is 45.7 Å². The molecule has 2 aromatic rings. The Morgan fingerprint density at radius 2 is 2.14 bits per heavy atom. The van der Waals surface area contributed by atoms with E-state index in [9.17, 15) is 4.79 Å². The van der Waals surface area contributed by atoms with Gasteiger partial charge >= 0.3 is 0 Å². The van der Waals surface area contributed by atoms with Crippen LogP contribution in [-0.2, 0) is 0 Å². The molecule has 0 amide bonds. The Morgan fingerprint density at radius 3 is 2.79 bits per heavy atom. The molecule has 0 aliphatic carbocycles. The van der Waals surface area contributed by atoms with Crippen molar-refractivity contribution >= 4 is 33.6 Å². The molecular weight excluding hydrogens is 260 g/mol. The molecule has 1 aromatic heterocycles. The van der Waals surface area contributed by atoms with Gasteiger partial charge < -0.3 is 0 Å². The molecule has 1 aromatic carbocycles. The third-order valence-corrected chi connectivity index (χ3v) is 3.24. The fourth-order valence-corrected chi connectivity index (χ4v) is 2.49. The second-order valence-corrected chi connectivity index (χ2v) is 4.73. The summed E-state index contributed by atoms with van der Waals surface area (Å²) in [5.41, 5.74) is 1.78. The van der Waals surface area contributed by atoms with Gasteiger partial charge in [-0.3, -0.25) is 4.79 Å². The zero-order valence-electron chi connectivity index (χ0n) is 7.24. The number of hydrogen-bond acceptors (Lipinski definition) is 2. The summed E-state index contributed by atoms with van der Waals surface area (Å²) in [6.07, 6.45) is 0.863. The van der Waals surface area contributed by atoms with E-state index in [1.165, 1.54) is 4.88 Å². The van der Waals surface area contributed by atoms with Gasteiger partial charge in [0.1, 0.15) is 6.29 Å². The first-order chi connectivity index (χ1) is 6.79. The van der Waals surface area contributed by atoms with Gasteiger partial charge in [-0.25, -0.2) is 0 Å². The van der Waals surface area contributed by atoms with Crippen LogP contribution in [0.3, 0.4) is 0 Å². The largest absolute Gasteiger partial charge is 0.298 e. The van der Waals surface area contributed by atoms with Gasteiger partial charge in [-0.2, -0.15) is 0 Å². The van der Waals surface area contributed by atoms with E-state index in [-0.39, 0.29) is 0 Å². The lowest BCUT2D eigenvalue weighted by atomic mass is 10.1. The van der Waals surface area contributed by atoms with Crippen molar-refractivity contribution in [2.24, 2.45) is 0 Å².